The molecule has 1 aliphatic carbocycles. The number of carbonyl (C=O) groups is 1. The molecule has 0 unspecified atom stereocenters. The van der Waals surface area contributed by atoms with Gasteiger partial charge >= 0.3 is 5.97 Å². The lowest BCUT2D eigenvalue weighted by molar-refractivity contribution is 0.0524. The number of hydrogen-bond acceptors (Lipinski definition) is 3. The highest BCUT2D eigenvalue weighted by Gasteiger charge is 2.23. The second kappa shape index (κ2) is 7.05. The van der Waals surface area contributed by atoms with Crippen molar-refractivity contribution in [1.29, 1.82) is 0 Å². The number of fused-ring (bicyclic) bond motifs is 2. The van der Waals surface area contributed by atoms with Gasteiger partial charge in [-0.1, -0.05) is 42.5 Å². The van der Waals surface area contributed by atoms with Crippen LogP contribution in [0.4, 0.5) is 0 Å². The van der Waals surface area contributed by atoms with Crippen LogP contribution < -0.4 is 0 Å². The fourth-order valence-corrected chi connectivity index (χ4v) is 4.03. The Morgan fingerprint density at radius 2 is 2.04 bits per heavy atom. The monoisotopic (exact) mass is 361 g/mol. The van der Waals surface area contributed by atoms with Crippen molar-refractivity contribution >= 4 is 22.4 Å². The first kappa shape index (κ1) is 17.6. The largest absolute Gasteiger partial charge is 0.462 e. The predicted molar refractivity (Wildman–Crippen MR) is 107 cm³/mol. The SMILES string of the molecule is CCOC(=O)c1c(CO)n(C)c2cc(C3=CCCc4ccccc43)ccc12. The molecule has 1 aliphatic rings. The van der Waals surface area contributed by atoms with Gasteiger partial charge in [0.25, 0.3) is 0 Å². The van der Waals surface area contributed by atoms with Gasteiger partial charge in [0, 0.05) is 18.0 Å². The first-order chi connectivity index (χ1) is 13.2. The summed E-state index contributed by atoms with van der Waals surface area (Å²) in [6.45, 7) is 1.88. The molecule has 4 rings (SSSR count). The first-order valence-corrected chi connectivity index (χ1v) is 9.33. The normalized spacial score (nSPS) is 13.4. The summed E-state index contributed by atoms with van der Waals surface area (Å²) in [5.41, 5.74) is 6.94. The molecule has 0 saturated heterocycles. The van der Waals surface area contributed by atoms with Gasteiger partial charge in [0.05, 0.1) is 24.5 Å². The summed E-state index contributed by atoms with van der Waals surface area (Å²) < 4.78 is 7.10. The quantitative estimate of drug-likeness (QED) is 0.708. The van der Waals surface area contributed by atoms with Crippen molar-refractivity contribution in [2.45, 2.75) is 26.4 Å². The summed E-state index contributed by atoms with van der Waals surface area (Å²) in [6.07, 6.45) is 4.37. The maximum absolute atomic E-state index is 12.4. The Hall–Kier alpha value is -2.85. The van der Waals surface area contributed by atoms with E-state index >= 15 is 0 Å². The molecule has 0 radical (unpaired) electrons. The molecule has 1 N–H and O–H groups in total. The highest BCUT2D eigenvalue weighted by molar-refractivity contribution is 6.06. The lowest BCUT2D eigenvalue weighted by Gasteiger charge is -2.18. The molecule has 4 heteroatoms. The zero-order valence-corrected chi connectivity index (χ0v) is 15.7. The molecular weight excluding hydrogens is 338 g/mol. The van der Waals surface area contributed by atoms with Crippen LogP contribution in [0.15, 0.2) is 48.5 Å². The summed E-state index contributed by atoms with van der Waals surface area (Å²) in [5.74, 6) is -0.387. The molecule has 2 aromatic carbocycles. The number of carbonyl (C=O) groups excluding carboxylic acids is 1. The smallest absolute Gasteiger partial charge is 0.340 e. The van der Waals surface area contributed by atoms with E-state index < -0.39 is 0 Å². The molecule has 0 saturated carbocycles. The average molecular weight is 361 g/mol. The van der Waals surface area contributed by atoms with Crippen LogP contribution in [0, 0.1) is 0 Å². The van der Waals surface area contributed by atoms with Crippen LogP contribution in [-0.4, -0.2) is 22.2 Å². The van der Waals surface area contributed by atoms with E-state index in [2.05, 4.69) is 42.5 Å². The number of benzene rings is 2. The van der Waals surface area contributed by atoms with Gasteiger partial charge in [-0.15, -0.1) is 0 Å². The van der Waals surface area contributed by atoms with Crippen LogP contribution >= 0.6 is 0 Å². The predicted octanol–water partition coefficient (Wildman–Crippen LogP) is 4.23. The minimum Gasteiger partial charge on any atom is -0.462 e. The Labute approximate surface area is 158 Å². The van der Waals surface area contributed by atoms with E-state index in [-0.39, 0.29) is 12.6 Å². The average Bonchev–Trinajstić information content (AvgIpc) is 2.99. The standard InChI is InChI=1S/C23H23NO3/c1-3-27-23(26)22-19-12-11-16(13-20(19)24(2)21(22)14-25)18-10-6-8-15-7-4-5-9-17(15)18/h4-5,7,9-13,25H,3,6,8,14H2,1-2H3. The Balaban J connectivity index is 1.88. The van der Waals surface area contributed by atoms with Crippen molar-refractivity contribution in [2.75, 3.05) is 6.61 Å². The molecule has 0 spiro atoms. The molecule has 3 aromatic rings. The van der Waals surface area contributed by atoms with Crippen molar-refractivity contribution in [1.82, 2.24) is 4.57 Å². The van der Waals surface area contributed by atoms with Gasteiger partial charge in [-0.05, 0) is 48.1 Å². The highest BCUT2D eigenvalue weighted by Crippen LogP contribution is 2.35. The zero-order chi connectivity index (χ0) is 19.0. The third-order valence-electron chi connectivity index (χ3n) is 5.33. The van der Waals surface area contributed by atoms with Crippen molar-refractivity contribution in [3.8, 4) is 0 Å². The van der Waals surface area contributed by atoms with Crippen LogP contribution in [0.25, 0.3) is 16.5 Å². The Morgan fingerprint density at radius 1 is 1.22 bits per heavy atom. The van der Waals surface area contributed by atoms with Crippen LogP contribution in [0.5, 0.6) is 0 Å². The number of aryl methyl sites for hydroxylation is 2. The van der Waals surface area contributed by atoms with E-state index in [1.165, 1.54) is 16.7 Å². The number of ether oxygens (including phenoxy) is 1. The topological polar surface area (TPSA) is 51.5 Å². The van der Waals surface area contributed by atoms with E-state index in [1.54, 1.807) is 6.92 Å². The van der Waals surface area contributed by atoms with Gasteiger partial charge < -0.3 is 14.4 Å². The Bertz CT molecular complexity index is 1060. The summed E-state index contributed by atoms with van der Waals surface area (Å²) >= 11 is 0. The van der Waals surface area contributed by atoms with E-state index in [1.807, 2.05) is 17.7 Å². The summed E-state index contributed by atoms with van der Waals surface area (Å²) in [4.78, 5) is 12.4. The molecule has 0 bridgehead atoms. The van der Waals surface area contributed by atoms with Crippen molar-refractivity contribution in [3.05, 3.63) is 76.5 Å². The fourth-order valence-electron chi connectivity index (χ4n) is 4.03. The summed E-state index contributed by atoms with van der Waals surface area (Å²) in [7, 11) is 1.88. The van der Waals surface area contributed by atoms with E-state index in [0.717, 1.165) is 29.3 Å². The van der Waals surface area contributed by atoms with Crippen LogP contribution in [0.3, 0.4) is 0 Å². The van der Waals surface area contributed by atoms with Gasteiger partial charge in [0.2, 0.25) is 0 Å². The third-order valence-corrected chi connectivity index (χ3v) is 5.33. The number of aliphatic hydroxyl groups is 1. The van der Waals surface area contributed by atoms with Crippen molar-refractivity contribution in [3.63, 3.8) is 0 Å². The fraction of sp³-hybridized carbons (Fsp3) is 0.261. The molecule has 1 aromatic heterocycles. The number of rotatable bonds is 4. The Kier molecular flexibility index (Phi) is 4.58. The molecule has 4 nitrogen and oxygen atoms in total. The van der Waals surface area contributed by atoms with E-state index in [9.17, 15) is 9.90 Å². The van der Waals surface area contributed by atoms with Gasteiger partial charge in [-0.2, -0.15) is 0 Å². The van der Waals surface area contributed by atoms with Gasteiger partial charge in [0.15, 0.2) is 0 Å². The number of hydrogen-bond donors (Lipinski definition) is 1. The molecule has 0 fully saturated rings. The molecular formula is C23H23NO3. The van der Waals surface area contributed by atoms with Crippen LogP contribution in [-0.2, 0) is 24.8 Å². The lowest BCUT2D eigenvalue weighted by Crippen LogP contribution is -2.08. The second-order valence-corrected chi connectivity index (χ2v) is 6.80. The lowest BCUT2D eigenvalue weighted by atomic mass is 9.87. The van der Waals surface area contributed by atoms with E-state index in [0.29, 0.717) is 17.9 Å². The van der Waals surface area contributed by atoms with Gasteiger partial charge in [-0.3, -0.25) is 0 Å². The molecule has 27 heavy (non-hydrogen) atoms. The molecule has 1 heterocycles. The molecule has 0 amide bonds. The zero-order valence-electron chi connectivity index (χ0n) is 15.7. The maximum atomic E-state index is 12.4. The molecule has 0 aliphatic heterocycles. The molecule has 138 valence electrons. The van der Waals surface area contributed by atoms with Crippen LogP contribution in [0.1, 0.15) is 46.1 Å². The molecule has 0 atom stereocenters. The van der Waals surface area contributed by atoms with Crippen molar-refractivity contribution in [2.24, 2.45) is 7.05 Å². The number of aliphatic hydroxyl groups excluding tert-OH is 1. The summed E-state index contributed by atoms with van der Waals surface area (Å²) in [5, 5.41) is 10.6. The minimum absolute atomic E-state index is 0.208. The maximum Gasteiger partial charge on any atom is 0.340 e. The number of allylic oxidation sites excluding steroid dienone is 1. The number of nitrogens with zero attached hydrogens (tertiary/aromatic N) is 1. The van der Waals surface area contributed by atoms with Gasteiger partial charge in [-0.25, -0.2) is 4.79 Å². The van der Waals surface area contributed by atoms with Crippen molar-refractivity contribution < 1.29 is 14.6 Å². The first-order valence-electron chi connectivity index (χ1n) is 9.33. The third kappa shape index (κ3) is 2.86. The summed E-state index contributed by atoms with van der Waals surface area (Å²) in [6, 6.07) is 14.6. The highest BCUT2D eigenvalue weighted by atomic mass is 16.5. The Morgan fingerprint density at radius 3 is 2.81 bits per heavy atom. The number of aromatic nitrogens is 1. The minimum atomic E-state index is -0.387. The van der Waals surface area contributed by atoms with Gasteiger partial charge in [0.1, 0.15) is 0 Å². The number of esters is 1. The van der Waals surface area contributed by atoms with Crippen LogP contribution in [0.2, 0.25) is 0 Å². The van der Waals surface area contributed by atoms with E-state index in [4.69, 9.17) is 4.74 Å². The second-order valence-electron chi connectivity index (χ2n) is 6.80.